The van der Waals surface area contributed by atoms with Gasteiger partial charge in [-0.2, -0.15) is 0 Å². The van der Waals surface area contributed by atoms with Gasteiger partial charge in [-0.05, 0) is 52.6 Å². The van der Waals surface area contributed by atoms with Gasteiger partial charge in [-0.1, -0.05) is 13.8 Å². The Morgan fingerprint density at radius 2 is 1.86 bits per heavy atom. The summed E-state index contributed by atoms with van der Waals surface area (Å²) in [5.41, 5.74) is 0. The van der Waals surface area contributed by atoms with Gasteiger partial charge in [-0.15, -0.1) is 0 Å². The smallest absolute Gasteiger partial charge is 0.227 e. The number of carbonyl (C=O) groups excluding carboxylic acids is 1. The largest absolute Gasteiger partial charge is 0.341 e. The van der Waals surface area contributed by atoms with Gasteiger partial charge < -0.3 is 14.7 Å². The van der Waals surface area contributed by atoms with Crippen molar-refractivity contribution in [2.45, 2.75) is 59.0 Å². The summed E-state index contributed by atoms with van der Waals surface area (Å²) in [6, 6.07) is 1.10. The summed E-state index contributed by atoms with van der Waals surface area (Å²) < 4.78 is 0. The van der Waals surface area contributed by atoms with Crippen LogP contribution in [-0.2, 0) is 4.79 Å². The average molecular weight is 309 g/mol. The Bertz CT molecular complexity index is 369. The fourth-order valence-corrected chi connectivity index (χ4v) is 3.96. The summed E-state index contributed by atoms with van der Waals surface area (Å²) in [4.78, 5) is 19.9. The molecule has 2 fully saturated rings. The molecule has 0 aliphatic carbocycles. The van der Waals surface area contributed by atoms with Crippen molar-refractivity contribution >= 4 is 5.91 Å². The van der Waals surface area contributed by atoms with Gasteiger partial charge in [0, 0.05) is 38.3 Å². The van der Waals surface area contributed by atoms with E-state index in [1.165, 1.54) is 6.42 Å². The van der Waals surface area contributed by atoms with E-state index in [1.807, 2.05) is 0 Å². The number of hydrogen-bond acceptors (Lipinski definition) is 3. The zero-order chi connectivity index (χ0) is 16.3. The van der Waals surface area contributed by atoms with Crippen LogP contribution in [0.3, 0.4) is 0 Å². The van der Waals surface area contributed by atoms with Crippen LogP contribution in [0, 0.1) is 11.8 Å². The molecule has 2 aliphatic rings. The molecule has 0 radical (unpaired) electrons. The molecule has 1 amide bonds. The maximum absolute atomic E-state index is 12.8. The number of nitrogens with zero attached hydrogens (tertiary/aromatic N) is 3. The first kappa shape index (κ1) is 17.7. The maximum atomic E-state index is 12.8. The molecule has 0 bridgehead atoms. The first-order valence-electron chi connectivity index (χ1n) is 9.11. The quantitative estimate of drug-likeness (QED) is 0.779. The SMILES string of the molecule is CC(C)CN(C)[C@H]1CCCN(C(=O)[C@@H]2CCN(C(C)C)C2)C1. The van der Waals surface area contributed by atoms with Crippen LogP contribution in [0.2, 0.25) is 0 Å². The monoisotopic (exact) mass is 309 g/mol. The van der Waals surface area contributed by atoms with Crippen LogP contribution < -0.4 is 0 Å². The molecule has 2 aliphatic heterocycles. The van der Waals surface area contributed by atoms with Gasteiger partial charge in [-0.3, -0.25) is 4.79 Å². The van der Waals surface area contributed by atoms with Crippen LogP contribution in [0.15, 0.2) is 0 Å². The highest BCUT2D eigenvalue weighted by Gasteiger charge is 2.34. The molecule has 0 aromatic carbocycles. The third-order valence-corrected chi connectivity index (χ3v) is 5.28. The predicted octanol–water partition coefficient (Wildman–Crippen LogP) is 2.30. The van der Waals surface area contributed by atoms with Gasteiger partial charge in [0.05, 0.1) is 5.92 Å². The molecule has 0 N–H and O–H groups in total. The van der Waals surface area contributed by atoms with Crippen molar-refractivity contribution < 1.29 is 4.79 Å². The van der Waals surface area contributed by atoms with Crippen molar-refractivity contribution in [2.75, 3.05) is 39.8 Å². The molecule has 2 saturated heterocycles. The normalized spacial score (nSPS) is 27.4. The highest BCUT2D eigenvalue weighted by atomic mass is 16.2. The minimum atomic E-state index is 0.233. The topological polar surface area (TPSA) is 26.8 Å². The van der Waals surface area contributed by atoms with Crippen LogP contribution in [-0.4, -0.2) is 72.5 Å². The van der Waals surface area contributed by atoms with E-state index in [0.29, 0.717) is 23.9 Å². The zero-order valence-corrected chi connectivity index (χ0v) is 15.2. The zero-order valence-electron chi connectivity index (χ0n) is 15.2. The third-order valence-electron chi connectivity index (χ3n) is 5.28. The summed E-state index contributed by atoms with van der Waals surface area (Å²) in [7, 11) is 2.22. The van der Waals surface area contributed by atoms with E-state index in [4.69, 9.17) is 0 Å². The van der Waals surface area contributed by atoms with E-state index >= 15 is 0 Å². The highest BCUT2D eigenvalue weighted by Crippen LogP contribution is 2.23. The molecule has 2 atom stereocenters. The lowest BCUT2D eigenvalue weighted by molar-refractivity contribution is -0.137. The second kappa shape index (κ2) is 7.78. The fourth-order valence-electron chi connectivity index (χ4n) is 3.96. The third kappa shape index (κ3) is 4.45. The van der Waals surface area contributed by atoms with Crippen LogP contribution in [0.1, 0.15) is 47.0 Å². The van der Waals surface area contributed by atoms with Crippen molar-refractivity contribution in [1.29, 1.82) is 0 Å². The van der Waals surface area contributed by atoms with Crippen LogP contribution in [0.5, 0.6) is 0 Å². The molecule has 0 aromatic heterocycles. The molecule has 22 heavy (non-hydrogen) atoms. The molecule has 0 aromatic rings. The van der Waals surface area contributed by atoms with Crippen LogP contribution >= 0.6 is 0 Å². The number of piperidine rings is 1. The number of likely N-dealkylation sites (N-methyl/N-ethyl adjacent to an activating group) is 1. The molecule has 128 valence electrons. The van der Waals surface area contributed by atoms with Crippen LogP contribution in [0.25, 0.3) is 0 Å². The lowest BCUT2D eigenvalue weighted by atomic mass is 10.00. The molecule has 2 rings (SSSR count). The van der Waals surface area contributed by atoms with Crippen molar-refractivity contribution in [1.82, 2.24) is 14.7 Å². The summed E-state index contributed by atoms with van der Waals surface area (Å²) >= 11 is 0. The molecule has 0 spiro atoms. The molecule has 0 saturated carbocycles. The predicted molar refractivity (Wildman–Crippen MR) is 91.9 cm³/mol. The Labute approximate surface area is 136 Å². The molecular weight excluding hydrogens is 274 g/mol. The molecular formula is C18H35N3O. The van der Waals surface area contributed by atoms with Gasteiger partial charge in [0.2, 0.25) is 5.91 Å². The molecule has 0 unspecified atom stereocenters. The van der Waals surface area contributed by atoms with E-state index in [2.05, 4.69) is 49.4 Å². The first-order chi connectivity index (χ1) is 10.4. The maximum Gasteiger partial charge on any atom is 0.227 e. The van der Waals surface area contributed by atoms with Gasteiger partial charge in [0.25, 0.3) is 0 Å². The molecule has 2 heterocycles. The van der Waals surface area contributed by atoms with Gasteiger partial charge >= 0.3 is 0 Å². The second-order valence-corrected chi connectivity index (χ2v) is 7.99. The van der Waals surface area contributed by atoms with Crippen molar-refractivity contribution in [3.05, 3.63) is 0 Å². The molecule has 4 heteroatoms. The van der Waals surface area contributed by atoms with Crippen LogP contribution in [0.4, 0.5) is 0 Å². The minimum absolute atomic E-state index is 0.233. The van der Waals surface area contributed by atoms with E-state index < -0.39 is 0 Å². The average Bonchev–Trinajstić information content (AvgIpc) is 2.96. The number of rotatable bonds is 5. The lowest BCUT2D eigenvalue weighted by Crippen LogP contribution is -2.51. The van der Waals surface area contributed by atoms with E-state index in [-0.39, 0.29) is 5.92 Å². The van der Waals surface area contributed by atoms with Gasteiger partial charge in [0.15, 0.2) is 0 Å². The summed E-state index contributed by atoms with van der Waals surface area (Å²) in [5.74, 6) is 1.33. The van der Waals surface area contributed by atoms with E-state index in [0.717, 1.165) is 45.6 Å². The minimum Gasteiger partial charge on any atom is -0.341 e. The Kier molecular flexibility index (Phi) is 6.27. The van der Waals surface area contributed by atoms with E-state index in [9.17, 15) is 4.79 Å². The van der Waals surface area contributed by atoms with Gasteiger partial charge in [-0.25, -0.2) is 0 Å². The number of carbonyl (C=O) groups is 1. The number of likely N-dealkylation sites (tertiary alicyclic amines) is 2. The van der Waals surface area contributed by atoms with Crippen molar-refractivity contribution in [2.24, 2.45) is 11.8 Å². The van der Waals surface area contributed by atoms with Crippen molar-refractivity contribution in [3.63, 3.8) is 0 Å². The van der Waals surface area contributed by atoms with Crippen molar-refractivity contribution in [3.8, 4) is 0 Å². The Balaban J connectivity index is 1.88. The second-order valence-electron chi connectivity index (χ2n) is 7.99. The van der Waals surface area contributed by atoms with E-state index in [1.54, 1.807) is 0 Å². The first-order valence-corrected chi connectivity index (χ1v) is 9.11. The Morgan fingerprint density at radius 1 is 1.14 bits per heavy atom. The number of amides is 1. The fraction of sp³-hybridized carbons (Fsp3) is 0.944. The Morgan fingerprint density at radius 3 is 2.45 bits per heavy atom. The summed E-state index contributed by atoms with van der Waals surface area (Å²) in [6.07, 6.45) is 3.43. The summed E-state index contributed by atoms with van der Waals surface area (Å²) in [6.45, 7) is 14.0. The molecule has 4 nitrogen and oxygen atoms in total. The highest BCUT2D eigenvalue weighted by molar-refractivity contribution is 5.79. The summed E-state index contributed by atoms with van der Waals surface area (Å²) in [5, 5.41) is 0. The van der Waals surface area contributed by atoms with Gasteiger partial charge in [0.1, 0.15) is 0 Å². The lowest BCUT2D eigenvalue weighted by Gasteiger charge is -2.39. The Hall–Kier alpha value is -0.610. The standard InChI is InChI=1S/C18H35N3O/c1-14(2)11-19(5)17-7-6-9-21(13-17)18(22)16-8-10-20(12-16)15(3)4/h14-17H,6-13H2,1-5H3/t16-,17+/m1/s1. The number of hydrogen-bond donors (Lipinski definition) is 0.